The normalized spacial score (nSPS) is 12.4. The number of carbonyl (C=O) groups is 2. The molecule has 1 aromatic heterocycles. The molecule has 2 aromatic rings. The Kier molecular flexibility index (Phi) is 7.40. The van der Waals surface area contributed by atoms with Gasteiger partial charge in [0.25, 0.3) is 0 Å². The van der Waals surface area contributed by atoms with Crippen LogP contribution in [0.5, 0.6) is 5.75 Å². The van der Waals surface area contributed by atoms with Gasteiger partial charge in [-0.05, 0) is 50.4 Å². The summed E-state index contributed by atoms with van der Waals surface area (Å²) in [6.45, 7) is 1.49. The first-order valence-corrected chi connectivity index (χ1v) is 8.69. The molecule has 156 valence electrons. The zero-order valence-electron chi connectivity index (χ0n) is 15.5. The van der Waals surface area contributed by atoms with Crippen LogP contribution in [0.1, 0.15) is 6.92 Å². The van der Waals surface area contributed by atoms with Gasteiger partial charge in [0.15, 0.2) is 0 Å². The fourth-order valence-corrected chi connectivity index (χ4v) is 2.30. The molecule has 1 aromatic carbocycles. The number of likely N-dealkylation sites (N-methyl/N-ethyl adjacent to an activating group) is 1. The lowest BCUT2D eigenvalue weighted by Crippen LogP contribution is -2.43. The van der Waals surface area contributed by atoms with E-state index in [-0.39, 0.29) is 12.5 Å². The molecule has 0 fully saturated rings. The zero-order valence-corrected chi connectivity index (χ0v) is 16.2. The highest BCUT2D eigenvalue weighted by Gasteiger charge is 2.31. The van der Waals surface area contributed by atoms with Crippen LogP contribution in [-0.4, -0.2) is 47.7 Å². The number of aromatic nitrogens is 1. The van der Waals surface area contributed by atoms with Crippen molar-refractivity contribution < 1.29 is 27.5 Å². The summed E-state index contributed by atoms with van der Waals surface area (Å²) in [7, 11) is 1.58. The predicted molar refractivity (Wildman–Crippen MR) is 102 cm³/mol. The Bertz CT molecular complexity index is 845. The number of alkyl halides is 3. The smallest absolute Gasteiger partial charge is 0.406 e. The molecule has 0 saturated carbocycles. The molecule has 11 heteroatoms. The lowest BCUT2D eigenvalue weighted by Gasteiger charge is -2.23. The third kappa shape index (κ3) is 7.59. The summed E-state index contributed by atoms with van der Waals surface area (Å²) < 4.78 is 40.2. The summed E-state index contributed by atoms with van der Waals surface area (Å²) >= 11 is 5.74. The average molecular weight is 431 g/mol. The summed E-state index contributed by atoms with van der Waals surface area (Å²) in [5.74, 6) is -0.885. The van der Waals surface area contributed by atoms with E-state index < -0.39 is 24.1 Å². The van der Waals surface area contributed by atoms with Gasteiger partial charge in [-0.25, -0.2) is 4.98 Å². The van der Waals surface area contributed by atoms with Crippen LogP contribution in [0, 0.1) is 0 Å². The van der Waals surface area contributed by atoms with Gasteiger partial charge < -0.3 is 15.4 Å². The summed E-state index contributed by atoms with van der Waals surface area (Å²) in [5.41, 5.74) is 0.292. The maximum absolute atomic E-state index is 12.3. The van der Waals surface area contributed by atoms with Crippen molar-refractivity contribution in [1.82, 2.24) is 9.88 Å². The molecular formula is C18H18ClF3N4O3. The van der Waals surface area contributed by atoms with Gasteiger partial charge in [-0.2, -0.15) is 0 Å². The standard InChI is InChI=1S/C18H18ClF3N4O3/c1-11(17(28)25-15-8-3-12(19)9-23-15)26(2)10-16(27)24-13-4-6-14(7-5-13)29-18(20,21)22/h3-9,11H,10H2,1-2H3,(H,24,27)(H,23,25,28)/t11-/m1/s1. The second kappa shape index (κ2) is 9.57. The maximum atomic E-state index is 12.3. The molecule has 2 amide bonds. The third-order valence-electron chi connectivity index (χ3n) is 3.78. The largest absolute Gasteiger partial charge is 0.573 e. The first-order valence-electron chi connectivity index (χ1n) is 8.32. The first kappa shape index (κ1) is 22.4. The van der Waals surface area contributed by atoms with E-state index in [0.717, 1.165) is 12.1 Å². The Morgan fingerprint density at radius 2 is 1.83 bits per heavy atom. The fraction of sp³-hybridized carbons (Fsp3) is 0.278. The highest BCUT2D eigenvalue weighted by Crippen LogP contribution is 2.24. The highest BCUT2D eigenvalue weighted by atomic mass is 35.5. The minimum absolute atomic E-state index is 0.122. The molecule has 0 radical (unpaired) electrons. The lowest BCUT2D eigenvalue weighted by molar-refractivity contribution is -0.274. The summed E-state index contributed by atoms with van der Waals surface area (Å²) in [6.07, 6.45) is -3.39. The van der Waals surface area contributed by atoms with Gasteiger partial charge in [-0.1, -0.05) is 11.6 Å². The Labute approximate surface area is 169 Å². The van der Waals surface area contributed by atoms with E-state index in [0.29, 0.717) is 16.5 Å². The number of ether oxygens (including phenoxy) is 1. The molecule has 0 spiro atoms. The first-order chi connectivity index (χ1) is 13.5. The van der Waals surface area contributed by atoms with Crippen LogP contribution >= 0.6 is 11.6 Å². The van der Waals surface area contributed by atoms with E-state index in [9.17, 15) is 22.8 Å². The quantitative estimate of drug-likeness (QED) is 0.702. The Morgan fingerprint density at radius 3 is 2.38 bits per heavy atom. The average Bonchev–Trinajstić information content (AvgIpc) is 2.63. The molecule has 2 rings (SSSR count). The van der Waals surface area contributed by atoms with Gasteiger partial charge in [0.2, 0.25) is 11.8 Å². The van der Waals surface area contributed by atoms with Crippen molar-refractivity contribution in [2.24, 2.45) is 0 Å². The number of benzene rings is 1. The third-order valence-corrected chi connectivity index (χ3v) is 4.01. The topological polar surface area (TPSA) is 83.6 Å². The van der Waals surface area contributed by atoms with Crippen molar-refractivity contribution in [3.05, 3.63) is 47.6 Å². The number of pyridine rings is 1. The van der Waals surface area contributed by atoms with Crippen molar-refractivity contribution in [2.75, 3.05) is 24.2 Å². The Hall–Kier alpha value is -2.85. The molecule has 1 heterocycles. The van der Waals surface area contributed by atoms with Crippen LogP contribution in [0.25, 0.3) is 0 Å². The number of nitrogens with one attached hydrogen (secondary N) is 2. The molecule has 1 atom stereocenters. The van der Waals surface area contributed by atoms with Crippen LogP contribution in [-0.2, 0) is 9.59 Å². The van der Waals surface area contributed by atoms with Crippen molar-refractivity contribution in [1.29, 1.82) is 0 Å². The second-order valence-corrected chi connectivity index (χ2v) is 6.50. The molecule has 0 aliphatic heterocycles. The van der Waals surface area contributed by atoms with Gasteiger partial charge in [0.1, 0.15) is 11.6 Å². The van der Waals surface area contributed by atoms with Gasteiger partial charge in [-0.3, -0.25) is 14.5 Å². The van der Waals surface area contributed by atoms with Gasteiger partial charge in [-0.15, -0.1) is 13.2 Å². The van der Waals surface area contributed by atoms with Gasteiger partial charge >= 0.3 is 6.36 Å². The van der Waals surface area contributed by atoms with Crippen molar-refractivity contribution in [2.45, 2.75) is 19.3 Å². The molecule has 0 bridgehead atoms. The number of anilines is 2. The number of nitrogens with zero attached hydrogens (tertiary/aromatic N) is 2. The summed E-state index contributed by atoms with van der Waals surface area (Å²) in [4.78, 5) is 29.9. The number of hydrogen-bond donors (Lipinski definition) is 2. The number of hydrogen-bond acceptors (Lipinski definition) is 5. The van der Waals surface area contributed by atoms with Gasteiger partial charge in [0.05, 0.1) is 17.6 Å². The van der Waals surface area contributed by atoms with Crippen LogP contribution < -0.4 is 15.4 Å². The fourth-order valence-electron chi connectivity index (χ4n) is 2.18. The number of halogens is 4. The van der Waals surface area contributed by atoms with E-state index >= 15 is 0 Å². The monoisotopic (exact) mass is 430 g/mol. The molecule has 0 unspecified atom stereocenters. The SMILES string of the molecule is C[C@H](C(=O)Nc1ccc(Cl)cn1)N(C)CC(=O)Nc1ccc(OC(F)(F)F)cc1. The zero-order chi connectivity index (χ0) is 21.6. The molecular weight excluding hydrogens is 413 g/mol. The van der Waals surface area contributed by atoms with E-state index in [1.807, 2.05) is 0 Å². The molecule has 0 aliphatic rings. The molecule has 7 nitrogen and oxygen atoms in total. The van der Waals surface area contributed by atoms with Crippen LogP contribution in [0.4, 0.5) is 24.7 Å². The number of carbonyl (C=O) groups excluding carboxylic acids is 2. The van der Waals surface area contributed by atoms with E-state index in [2.05, 4.69) is 20.4 Å². The van der Waals surface area contributed by atoms with Crippen molar-refractivity contribution in [3.63, 3.8) is 0 Å². The Balaban J connectivity index is 1.85. The van der Waals surface area contributed by atoms with E-state index in [1.165, 1.54) is 23.2 Å². The summed E-state index contributed by atoms with van der Waals surface area (Å²) in [6, 6.07) is 7.20. The van der Waals surface area contributed by atoms with Crippen LogP contribution in [0.2, 0.25) is 5.02 Å². The summed E-state index contributed by atoms with van der Waals surface area (Å²) in [5, 5.41) is 5.58. The predicted octanol–water partition coefficient (Wildman–Crippen LogP) is 3.53. The van der Waals surface area contributed by atoms with Crippen LogP contribution in [0.15, 0.2) is 42.6 Å². The van der Waals surface area contributed by atoms with Crippen LogP contribution in [0.3, 0.4) is 0 Å². The Morgan fingerprint density at radius 1 is 1.17 bits per heavy atom. The molecule has 0 saturated heterocycles. The van der Waals surface area contributed by atoms with E-state index in [4.69, 9.17) is 11.6 Å². The van der Waals surface area contributed by atoms with Crippen molar-refractivity contribution >= 4 is 34.9 Å². The van der Waals surface area contributed by atoms with Crippen molar-refractivity contribution in [3.8, 4) is 5.75 Å². The maximum Gasteiger partial charge on any atom is 0.573 e. The minimum atomic E-state index is -4.79. The lowest BCUT2D eigenvalue weighted by atomic mass is 10.2. The molecule has 0 aliphatic carbocycles. The second-order valence-electron chi connectivity index (χ2n) is 6.06. The number of amides is 2. The minimum Gasteiger partial charge on any atom is -0.406 e. The molecule has 29 heavy (non-hydrogen) atoms. The van der Waals surface area contributed by atoms with E-state index in [1.54, 1.807) is 26.1 Å². The van der Waals surface area contributed by atoms with Gasteiger partial charge in [0, 0.05) is 11.9 Å². The number of rotatable bonds is 7. The molecule has 2 N–H and O–H groups in total. The highest BCUT2D eigenvalue weighted by molar-refractivity contribution is 6.30.